The molecule has 0 aromatic rings. The van der Waals surface area contributed by atoms with E-state index in [1.165, 1.54) is 0 Å². The van der Waals surface area contributed by atoms with Crippen molar-refractivity contribution in [2.75, 3.05) is 7.05 Å². The molecule has 13 heavy (non-hydrogen) atoms. The van der Waals surface area contributed by atoms with Gasteiger partial charge in [0.25, 0.3) is 0 Å². The maximum absolute atomic E-state index is 9.67. The van der Waals surface area contributed by atoms with E-state index in [4.69, 9.17) is 0 Å². The van der Waals surface area contributed by atoms with Crippen molar-refractivity contribution in [3.05, 3.63) is 0 Å². The van der Waals surface area contributed by atoms with Gasteiger partial charge in [-0.15, -0.1) is 0 Å². The molecule has 0 amide bonds. The predicted molar refractivity (Wildman–Crippen MR) is 55.2 cm³/mol. The molecule has 1 unspecified atom stereocenters. The molecule has 1 rings (SSSR count). The first-order valence-corrected chi connectivity index (χ1v) is 5.02. The van der Waals surface area contributed by atoms with Crippen LogP contribution in [0.5, 0.6) is 0 Å². The lowest BCUT2D eigenvalue weighted by Crippen LogP contribution is -2.46. The van der Waals surface area contributed by atoms with Crippen LogP contribution in [0.2, 0.25) is 0 Å². The van der Waals surface area contributed by atoms with E-state index in [2.05, 4.69) is 17.2 Å². The van der Waals surface area contributed by atoms with Gasteiger partial charge in [-0.25, -0.2) is 0 Å². The molecule has 3 nitrogen and oxygen atoms in total. The van der Waals surface area contributed by atoms with Crippen LogP contribution in [0.1, 0.15) is 26.7 Å². The lowest BCUT2D eigenvalue weighted by Gasteiger charge is -2.35. The quantitative estimate of drug-likeness (QED) is 0.624. The fourth-order valence-electron chi connectivity index (χ4n) is 2.02. The maximum atomic E-state index is 9.67. The van der Waals surface area contributed by atoms with Gasteiger partial charge in [-0.2, -0.15) is 0 Å². The number of rotatable bonds is 2. The molecular formula is C10H20N2O. The van der Waals surface area contributed by atoms with Crippen molar-refractivity contribution in [1.29, 1.82) is 0 Å². The van der Waals surface area contributed by atoms with Crippen molar-refractivity contribution in [2.45, 2.75) is 44.9 Å². The largest absolute Gasteiger partial charge is 0.393 e. The summed E-state index contributed by atoms with van der Waals surface area (Å²) in [6.45, 7) is 4.04. The monoisotopic (exact) mass is 184 g/mol. The van der Waals surface area contributed by atoms with Gasteiger partial charge in [0.05, 0.1) is 12.1 Å². The van der Waals surface area contributed by atoms with E-state index < -0.39 is 0 Å². The Bertz CT molecular complexity index is 182. The van der Waals surface area contributed by atoms with Gasteiger partial charge in [0.2, 0.25) is 0 Å². The first kappa shape index (κ1) is 10.7. The Morgan fingerprint density at radius 1 is 1.46 bits per heavy atom. The molecule has 1 aliphatic rings. The Hall–Kier alpha value is -0.410. The van der Waals surface area contributed by atoms with Crippen molar-refractivity contribution in [3.8, 4) is 0 Å². The molecule has 2 N–H and O–H groups in total. The zero-order valence-electron chi connectivity index (χ0n) is 8.70. The first-order chi connectivity index (χ1) is 6.19. The minimum atomic E-state index is -0.166. The third-order valence-corrected chi connectivity index (χ3v) is 2.94. The summed E-state index contributed by atoms with van der Waals surface area (Å²) >= 11 is 0. The number of hydrogen-bond donors (Lipinski definition) is 2. The molecule has 0 spiro atoms. The molecule has 1 aliphatic carbocycles. The first-order valence-electron chi connectivity index (χ1n) is 5.02. The Morgan fingerprint density at radius 2 is 2.15 bits per heavy atom. The number of aliphatic imine (C=N–C) groups is 1. The highest BCUT2D eigenvalue weighted by Gasteiger charge is 2.32. The molecule has 0 aliphatic heterocycles. The summed E-state index contributed by atoms with van der Waals surface area (Å²) in [5, 5.41) is 12.9. The zero-order chi connectivity index (χ0) is 9.84. The average molecular weight is 184 g/mol. The second-order valence-electron chi connectivity index (χ2n) is 3.89. The summed E-state index contributed by atoms with van der Waals surface area (Å²) in [7, 11) is 1.94. The van der Waals surface area contributed by atoms with E-state index in [-0.39, 0.29) is 6.10 Å². The third-order valence-electron chi connectivity index (χ3n) is 2.94. The number of nitrogens with one attached hydrogen (secondary N) is 1. The Kier molecular flexibility index (Phi) is 3.88. The van der Waals surface area contributed by atoms with E-state index in [1.54, 1.807) is 0 Å². The average Bonchev–Trinajstić information content (AvgIpc) is 2.11. The number of hydrogen-bond acceptors (Lipinski definition) is 3. The lowest BCUT2D eigenvalue weighted by atomic mass is 9.81. The fourth-order valence-corrected chi connectivity index (χ4v) is 2.02. The molecule has 0 bridgehead atoms. The summed E-state index contributed by atoms with van der Waals surface area (Å²) in [4.78, 5) is 4.42. The van der Waals surface area contributed by atoms with Crippen molar-refractivity contribution in [2.24, 2.45) is 10.9 Å². The van der Waals surface area contributed by atoms with Crippen LogP contribution in [0, 0.1) is 5.92 Å². The molecule has 1 fully saturated rings. The Labute approximate surface area is 80.3 Å². The van der Waals surface area contributed by atoms with Crippen LogP contribution in [0.15, 0.2) is 4.99 Å². The van der Waals surface area contributed by atoms with Crippen LogP contribution in [-0.4, -0.2) is 36.6 Å². The van der Waals surface area contributed by atoms with E-state index in [0.29, 0.717) is 18.0 Å². The second kappa shape index (κ2) is 4.72. The molecule has 0 saturated heterocycles. The third kappa shape index (κ3) is 2.51. The molecular weight excluding hydrogens is 164 g/mol. The van der Waals surface area contributed by atoms with E-state index in [0.717, 1.165) is 12.8 Å². The van der Waals surface area contributed by atoms with Gasteiger partial charge in [0.15, 0.2) is 0 Å². The molecule has 4 atom stereocenters. The Morgan fingerprint density at radius 3 is 2.69 bits per heavy atom. The van der Waals surface area contributed by atoms with Crippen LogP contribution in [0.3, 0.4) is 0 Å². The summed E-state index contributed by atoms with van der Waals surface area (Å²) in [5.41, 5.74) is 0. The highest BCUT2D eigenvalue weighted by atomic mass is 16.3. The van der Waals surface area contributed by atoms with Crippen LogP contribution in [0.4, 0.5) is 0 Å². The summed E-state index contributed by atoms with van der Waals surface area (Å²) < 4.78 is 0. The molecule has 0 aromatic heterocycles. The number of likely N-dealkylation sites (N-methyl/N-ethyl adjacent to an activating group) is 1. The van der Waals surface area contributed by atoms with Gasteiger partial charge < -0.3 is 10.4 Å². The van der Waals surface area contributed by atoms with E-state index in [1.807, 2.05) is 20.2 Å². The van der Waals surface area contributed by atoms with E-state index in [9.17, 15) is 5.11 Å². The van der Waals surface area contributed by atoms with Crippen LogP contribution in [0.25, 0.3) is 0 Å². The summed E-state index contributed by atoms with van der Waals surface area (Å²) in [6.07, 6.45) is 3.50. The van der Waals surface area contributed by atoms with Gasteiger partial charge in [-0.05, 0) is 38.9 Å². The van der Waals surface area contributed by atoms with Gasteiger partial charge >= 0.3 is 0 Å². The maximum Gasteiger partial charge on any atom is 0.0652 e. The molecule has 1 saturated carbocycles. The number of aliphatic hydroxyl groups excluding tert-OH is 1. The van der Waals surface area contributed by atoms with Gasteiger partial charge in [0.1, 0.15) is 0 Å². The van der Waals surface area contributed by atoms with Crippen molar-refractivity contribution in [1.82, 2.24) is 5.32 Å². The molecule has 0 radical (unpaired) electrons. The van der Waals surface area contributed by atoms with Gasteiger partial charge in [0, 0.05) is 6.04 Å². The highest BCUT2D eigenvalue weighted by molar-refractivity contribution is 5.53. The van der Waals surface area contributed by atoms with Crippen molar-refractivity contribution >= 4 is 6.21 Å². The predicted octanol–water partition coefficient (Wildman–Crippen LogP) is 0.824. The lowest BCUT2D eigenvalue weighted by molar-refractivity contribution is 0.0569. The SMILES string of the molecule is C/C=N\C1C[C@H](C)[C@H](O)C[C@@H]1NC. The second-order valence-corrected chi connectivity index (χ2v) is 3.89. The van der Waals surface area contributed by atoms with E-state index >= 15 is 0 Å². The van der Waals surface area contributed by atoms with Crippen LogP contribution < -0.4 is 5.32 Å². The van der Waals surface area contributed by atoms with Gasteiger partial charge in [-0.3, -0.25) is 4.99 Å². The number of aliphatic hydroxyl groups is 1. The number of nitrogens with zero attached hydrogens (tertiary/aromatic N) is 1. The minimum absolute atomic E-state index is 0.166. The standard InChI is InChI=1S/C10H20N2O/c1-4-12-9-5-7(2)10(13)6-8(9)11-3/h4,7-11,13H,5-6H2,1-3H3/b12-4-/t7-,8-,9?,10+/m0/s1. The Balaban J connectivity index is 2.60. The normalized spacial score (nSPS) is 41.2. The minimum Gasteiger partial charge on any atom is -0.393 e. The molecule has 76 valence electrons. The van der Waals surface area contributed by atoms with Gasteiger partial charge in [-0.1, -0.05) is 6.92 Å². The molecule has 3 heteroatoms. The summed E-state index contributed by atoms with van der Waals surface area (Å²) in [6, 6.07) is 0.677. The highest BCUT2D eigenvalue weighted by Crippen LogP contribution is 2.26. The zero-order valence-corrected chi connectivity index (χ0v) is 8.70. The topological polar surface area (TPSA) is 44.6 Å². The molecule has 0 aromatic carbocycles. The summed E-state index contributed by atoms with van der Waals surface area (Å²) in [5.74, 6) is 0.373. The fraction of sp³-hybridized carbons (Fsp3) is 0.900. The molecule has 0 heterocycles. The van der Waals surface area contributed by atoms with Crippen molar-refractivity contribution < 1.29 is 5.11 Å². The van der Waals surface area contributed by atoms with Crippen LogP contribution >= 0.6 is 0 Å². The van der Waals surface area contributed by atoms with Crippen LogP contribution in [-0.2, 0) is 0 Å². The van der Waals surface area contributed by atoms with Crippen molar-refractivity contribution in [3.63, 3.8) is 0 Å². The smallest absolute Gasteiger partial charge is 0.0652 e.